The number of aromatic carboxylic acids is 1. The Morgan fingerprint density at radius 2 is 0.850 bits per heavy atom. The second-order valence-electron chi connectivity index (χ2n) is 27.3. The number of carboxylic acid groups (broad SMARTS) is 1. The van der Waals surface area contributed by atoms with E-state index in [0.29, 0.717) is 30.0 Å². The normalized spacial score (nSPS) is 11.9. The molecule has 2 amide bonds. The monoisotopic (exact) mass is 1660 g/mol. The molecule has 0 fully saturated rings. The smallest absolute Gasteiger partial charge is 0.744 e. The van der Waals surface area contributed by atoms with Crippen molar-refractivity contribution in [3.8, 4) is 56.4 Å². The summed E-state index contributed by atoms with van der Waals surface area (Å²) >= 11 is 0. The Hall–Kier alpha value is -13.0. The summed E-state index contributed by atoms with van der Waals surface area (Å²) in [5.41, 5.74) is 14.0. The first-order valence-corrected chi connectivity index (χ1v) is 40.8. The van der Waals surface area contributed by atoms with Gasteiger partial charge in [-0.05, 0) is 217 Å². The van der Waals surface area contributed by atoms with Gasteiger partial charge in [0.05, 0.1) is 63.6 Å². The van der Waals surface area contributed by atoms with Gasteiger partial charge < -0.3 is 68.8 Å². The van der Waals surface area contributed by atoms with Crippen molar-refractivity contribution >= 4 is 133 Å². The van der Waals surface area contributed by atoms with E-state index in [0.717, 1.165) is 149 Å². The molecule has 120 heavy (non-hydrogen) atoms. The molecule has 10 aromatic carbocycles. The van der Waals surface area contributed by atoms with Crippen molar-refractivity contribution in [2.75, 3.05) is 60.7 Å². The number of carboxylic acids is 1. The van der Waals surface area contributed by atoms with Gasteiger partial charge in [0.25, 0.3) is 0 Å². The van der Waals surface area contributed by atoms with E-state index in [4.69, 9.17) is 18.3 Å². The summed E-state index contributed by atoms with van der Waals surface area (Å²) in [5, 5.41) is 64.0. The van der Waals surface area contributed by atoms with Crippen molar-refractivity contribution in [2.24, 2.45) is 20.5 Å². The molecule has 8 N–H and O–H groups in total. The van der Waals surface area contributed by atoms with Gasteiger partial charge in [0, 0.05) is 103 Å². The van der Waals surface area contributed by atoms with Crippen LogP contribution < -0.4 is 76.6 Å². The van der Waals surface area contributed by atoms with Gasteiger partial charge >= 0.3 is 47.5 Å². The third kappa shape index (κ3) is 19.6. The number of benzene rings is 12. The van der Waals surface area contributed by atoms with E-state index in [2.05, 4.69) is 156 Å². The fraction of sp³-hybridized carbons (Fsp3) is 0.178. The Balaban J connectivity index is 0.000000183. The summed E-state index contributed by atoms with van der Waals surface area (Å²) in [4.78, 5) is 54.7. The molecule has 0 saturated heterocycles. The first kappa shape index (κ1) is 87.8. The van der Waals surface area contributed by atoms with Crippen LogP contribution in [0.1, 0.15) is 94.9 Å². The number of phenols is 2. The van der Waals surface area contributed by atoms with Gasteiger partial charge in [-0.15, -0.1) is 10.2 Å². The predicted octanol–water partition coefficient (Wildman–Crippen LogP) is 11.9. The second-order valence-corrected chi connectivity index (χ2v) is 30.0. The molecule has 0 spiro atoms. The van der Waals surface area contributed by atoms with Crippen molar-refractivity contribution in [3.05, 3.63) is 250 Å². The number of carbonyl (C=O) groups excluding carboxylic acids is 4. The van der Waals surface area contributed by atoms with Gasteiger partial charge in [0.2, 0.25) is 10.7 Å². The minimum atomic E-state index is -5.23. The largest absolute Gasteiger partial charge is 1.00 e. The third-order valence-corrected chi connectivity index (χ3v) is 20.9. The molecule has 27 nitrogen and oxygen atoms in total. The van der Waals surface area contributed by atoms with E-state index in [9.17, 15) is 60.4 Å². The molecule has 0 radical (unpaired) electrons. The van der Waals surface area contributed by atoms with Gasteiger partial charge in [-0.2, -0.15) is 10.2 Å². The van der Waals surface area contributed by atoms with E-state index in [1.165, 1.54) is 60.7 Å². The number of aromatic hydroxyl groups is 2. The number of esters is 2. The minimum absolute atomic E-state index is 0. The standard InChI is InChI=1S/C34H24N6O11S2.2C28H30N2O3.Na/c41-31-25-12-10-23(14-19(25)16-27(52(46,47)48)29(31)39-37-21-4-2-1-3-5-21)35-34(45)36-24-11-13-26-20(15-24)17-28(53(49,50)51)30(32(26)42)40-38-22-8-6-18(7-9-22)33(43)44;2*1-6-29-23-15-25-21(13-17(23)4)27(19-11-9-10-12-20(19)28(31)32-8-3)22-14-18(5)24(30-7-2)16-26(22)33-25;/h1-17,41-42H,(H,43,44)(H2,35,36,45)(H,46,47,48)(H,49,50,51);2*9-16,29H,6-8H2,1-5H3;/q;;;+1/p-1. The molecule has 4 aliphatic rings. The molecule has 30 heteroatoms. The number of urea groups is 1. The Labute approximate surface area is 712 Å². The maximum atomic E-state index is 12.9. The number of azo groups is 2. The molecule has 0 unspecified atom stereocenters. The zero-order chi connectivity index (χ0) is 85.1. The number of hydrogen-bond acceptors (Lipinski definition) is 23. The number of nitrogens with zero attached hydrogens (tertiary/aromatic N) is 4. The summed E-state index contributed by atoms with van der Waals surface area (Å²) in [6.45, 7) is 24.2. The number of amides is 2. The van der Waals surface area contributed by atoms with Crippen LogP contribution in [-0.4, -0.2) is 99.5 Å². The second kappa shape index (κ2) is 38.2. The van der Waals surface area contributed by atoms with Crippen LogP contribution in [0.2, 0.25) is 0 Å². The Bertz CT molecular complexity index is 6500. The molecule has 14 rings (SSSR count). The van der Waals surface area contributed by atoms with E-state index in [-0.39, 0.29) is 85.7 Å². The predicted molar refractivity (Wildman–Crippen MR) is 450 cm³/mol. The number of nitrogens with one attached hydrogen (secondary N) is 6. The summed E-state index contributed by atoms with van der Waals surface area (Å²) in [6, 6.07) is 54.1. The van der Waals surface area contributed by atoms with Crippen LogP contribution in [-0.2, 0) is 29.7 Å². The van der Waals surface area contributed by atoms with E-state index >= 15 is 0 Å². The number of ether oxygens (including phenoxy) is 2. The number of hydrogen-bond donors (Lipinski definition) is 8. The zero-order valence-corrected chi connectivity index (χ0v) is 71.1. The molecular formula is C90H83N10NaO17S2. The van der Waals surface area contributed by atoms with E-state index in [1.807, 2.05) is 62.4 Å². The molecule has 0 bridgehead atoms. The number of rotatable bonds is 21. The quantitative estimate of drug-likeness (QED) is 0.0109. The average molecular weight is 1660 g/mol. The molecule has 2 aliphatic carbocycles. The maximum Gasteiger partial charge on any atom is 1.00 e. The van der Waals surface area contributed by atoms with Crippen LogP contribution in [0, 0.1) is 27.7 Å². The Kier molecular flexibility index (Phi) is 27.9. The SMILES string of the molecule is CCNc1cc2oc3cc(=[NH+]CC)c(C)cc-3c(-c3ccccc3C(=O)OCC)c2cc1C.CCNc1cc2oc3cc(=[NH+]CC)c(C)cc-3c(-c3ccccc3C(=O)OCC)c2cc1C.O=C(Nc1ccc2c(O)c(N=Nc3ccccc3)c(S(=O)(=O)[O-])cc2c1)Nc1ccc2c(O)c(N=Nc3ccc(C(=O)[O-])cc3)c(S(=O)(=O)[O-])cc2c1.[Na+]. The van der Waals surface area contributed by atoms with Gasteiger partial charge in [-0.1, -0.05) is 66.7 Å². The van der Waals surface area contributed by atoms with Crippen LogP contribution in [0.4, 0.5) is 50.3 Å². The van der Waals surface area contributed by atoms with Gasteiger partial charge in [-0.3, -0.25) is 0 Å². The fourth-order valence-corrected chi connectivity index (χ4v) is 15.1. The number of fused-ring (bicyclic) bond motifs is 6. The third-order valence-electron chi connectivity index (χ3n) is 19.2. The number of anilines is 4. The van der Waals surface area contributed by atoms with Crippen molar-refractivity contribution in [1.82, 2.24) is 0 Å². The van der Waals surface area contributed by atoms with E-state index in [1.54, 1.807) is 30.3 Å². The van der Waals surface area contributed by atoms with Gasteiger partial charge in [0.15, 0.2) is 11.5 Å². The van der Waals surface area contributed by atoms with Crippen molar-refractivity contribution in [3.63, 3.8) is 0 Å². The van der Waals surface area contributed by atoms with E-state index < -0.39 is 64.9 Å². The van der Waals surface area contributed by atoms with Crippen LogP contribution in [0.3, 0.4) is 0 Å². The van der Waals surface area contributed by atoms with Crippen LogP contribution >= 0.6 is 0 Å². The number of carbonyl (C=O) groups is 4. The minimum Gasteiger partial charge on any atom is -0.744 e. The number of aryl methyl sites for hydroxylation is 4. The van der Waals surface area contributed by atoms with Crippen LogP contribution in [0.5, 0.6) is 11.5 Å². The van der Waals surface area contributed by atoms with Crippen LogP contribution in [0.25, 0.3) is 88.4 Å². The molecule has 2 heterocycles. The van der Waals surface area contributed by atoms with Crippen LogP contribution in [0.15, 0.2) is 239 Å². The molecule has 0 aromatic heterocycles. The topological polar surface area (TPSA) is 416 Å². The average Bonchev–Trinajstić information content (AvgIpc) is 0.745. The van der Waals surface area contributed by atoms with Gasteiger partial charge in [-0.25, -0.2) is 41.2 Å². The molecule has 608 valence electrons. The summed E-state index contributed by atoms with van der Waals surface area (Å²) in [5.74, 6) is -1.90. The zero-order valence-electron chi connectivity index (χ0n) is 67.4. The fourth-order valence-electron chi connectivity index (χ4n) is 13.8. The van der Waals surface area contributed by atoms with Crippen molar-refractivity contribution in [2.45, 2.75) is 79.0 Å². The molecule has 0 saturated carbocycles. The summed E-state index contributed by atoms with van der Waals surface area (Å²) < 4.78 is 96.4. The molecule has 2 aliphatic heterocycles. The molecule has 10 aromatic rings. The Morgan fingerprint density at radius 1 is 0.450 bits per heavy atom. The molecule has 0 atom stereocenters. The first-order chi connectivity index (χ1) is 57.0. The van der Waals surface area contributed by atoms with Gasteiger partial charge in [0.1, 0.15) is 67.4 Å². The first-order valence-electron chi connectivity index (χ1n) is 38.0. The summed E-state index contributed by atoms with van der Waals surface area (Å²) in [6.07, 6.45) is 0. The molecular weight excluding hydrogens is 1580 g/mol. The summed E-state index contributed by atoms with van der Waals surface area (Å²) in [7, 11) is -10.4. The Morgan fingerprint density at radius 3 is 1.23 bits per heavy atom. The number of phenolic OH excluding ortho intramolecular Hbond substituents is 2. The van der Waals surface area contributed by atoms with Crippen molar-refractivity contribution in [1.29, 1.82) is 0 Å². The van der Waals surface area contributed by atoms with Crippen molar-refractivity contribution < 1.29 is 118 Å². The maximum absolute atomic E-state index is 12.9.